The second-order valence-electron chi connectivity index (χ2n) is 5.47. The lowest BCUT2D eigenvalue weighted by Crippen LogP contribution is -2.18. The van der Waals surface area contributed by atoms with Gasteiger partial charge in [-0.25, -0.2) is 0 Å². The van der Waals surface area contributed by atoms with Crippen molar-refractivity contribution >= 4 is 0 Å². The standard InChI is InChI=1S/C16H34/c1-5-9-11-13-15-16(7-3,8-4)14-12-10-6-2/h5-15H2,1-4H3. The van der Waals surface area contributed by atoms with Crippen LogP contribution in [0.3, 0.4) is 0 Å². The Balaban J connectivity index is 3.90. The molecule has 0 unspecified atom stereocenters. The van der Waals surface area contributed by atoms with Gasteiger partial charge < -0.3 is 0 Å². The Labute approximate surface area is 104 Å². The van der Waals surface area contributed by atoms with E-state index in [2.05, 4.69) is 27.7 Å². The largest absolute Gasteiger partial charge is 0.0654 e. The molecule has 0 heterocycles. The number of unbranched alkanes of at least 4 members (excludes halogenated alkanes) is 5. The van der Waals surface area contributed by atoms with Crippen LogP contribution in [0.25, 0.3) is 0 Å². The molecular formula is C16H34. The number of hydrogen-bond acceptors (Lipinski definition) is 0. The van der Waals surface area contributed by atoms with Crippen LogP contribution in [0, 0.1) is 5.41 Å². The highest BCUT2D eigenvalue weighted by molar-refractivity contribution is 4.76. The summed E-state index contributed by atoms with van der Waals surface area (Å²) in [5.74, 6) is 0. The molecule has 98 valence electrons. The third kappa shape index (κ3) is 6.55. The zero-order chi connectivity index (χ0) is 12.3. The molecule has 0 nitrogen and oxygen atoms in total. The Morgan fingerprint density at radius 3 is 1.44 bits per heavy atom. The summed E-state index contributed by atoms with van der Waals surface area (Å²) in [6, 6.07) is 0. The highest BCUT2D eigenvalue weighted by Gasteiger charge is 2.24. The molecule has 0 amide bonds. The predicted octanol–water partition coefficient (Wildman–Crippen LogP) is 6.34. The average Bonchev–Trinajstić information content (AvgIpc) is 2.33. The van der Waals surface area contributed by atoms with Gasteiger partial charge in [0.15, 0.2) is 0 Å². The van der Waals surface area contributed by atoms with Crippen molar-refractivity contribution in [2.45, 2.75) is 98.3 Å². The van der Waals surface area contributed by atoms with E-state index in [1.165, 1.54) is 70.6 Å². The van der Waals surface area contributed by atoms with Gasteiger partial charge in [0.05, 0.1) is 0 Å². The average molecular weight is 226 g/mol. The van der Waals surface area contributed by atoms with Crippen LogP contribution >= 0.6 is 0 Å². The molecule has 0 saturated heterocycles. The fraction of sp³-hybridized carbons (Fsp3) is 1.00. The first-order valence-electron chi connectivity index (χ1n) is 7.74. The molecule has 0 radical (unpaired) electrons. The third-order valence-electron chi connectivity index (χ3n) is 4.37. The highest BCUT2D eigenvalue weighted by atomic mass is 14.3. The molecule has 0 rings (SSSR count). The minimum atomic E-state index is 0.683. The van der Waals surface area contributed by atoms with E-state index in [1.807, 2.05) is 0 Å². The summed E-state index contributed by atoms with van der Waals surface area (Å²) in [5.41, 5.74) is 0.683. The topological polar surface area (TPSA) is 0 Å². The van der Waals surface area contributed by atoms with Crippen LogP contribution in [-0.4, -0.2) is 0 Å². The molecule has 0 spiro atoms. The van der Waals surface area contributed by atoms with Crippen LogP contribution in [0.2, 0.25) is 0 Å². The van der Waals surface area contributed by atoms with Crippen LogP contribution in [-0.2, 0) is 0 Å². The Bertz CT molecular complexity index is 133. The van der Waals surface area contributed by atoms with Crippen LogP contribution in [0.1, 0.15) is 98.3 Å². The van der Waals surface area contributed by atoms with E-state index in [0.29, 0.717) is 5.41 Å². The minimum absolute atomic E-state index is 0.683. The van der Waals surface area contributed by atoms with Crippen molar-refractivity contribution in [1.29, 1.82) is 0 Å². The second kappa shape index (κ2) is 10.2. The highest BCUT2D eigenvalue weighted by Crippen LogP contribution is 2.38. The molecule has 0 aromatic carbocycles. The van der Waals surface area contributed by atoms with Crippen molar-refractivity contribution in [3.8, 4) is 0 Å². The van der Waals surface area contributed by atoms with E-state index < -0.39 is 0 Å². The van der Waals surface area contributed by atoms with E-state index in [4.69, 9.17) is 0 Å². The number of hydrogen-bond donors (Lipinski definition) is 0. The maximum absolute atomic E-state index is 2.40. The molecule has 0 heteroatoms. The zero-order valence-electron chi connectivity index (χ0n) is 12.3. The van der Waals surface area contributed by atoms with Gasteiger partial charge in [0.25, 0.3) is 0 Å². The minimum Gasteiger partial charge on any atom is -0.0654 e. The SMILES string of the molecule is CCCCCCC(CC)(CC)CCCCC. The Kier molecular flexibility index (Phi) is 10.2. The lowest BCUT2D eigenvalue weighted by Gasteiger charge is -2.32. The molecule has 0 aliphatic rings. The molecule has 0 saturated carbocycles. The van der Waals surface area contributed by atoms with Crippen molar-refractivity contribution < 1.29 is 0 Å². The van der Waals surface area contributed by atoms with Gasteiger partial charge >= 0.3 is 0 Å². The van der Waals surface area contributed by atoms with E-state index >= 15 is 0 Å². The zero-order valence-corrected chi connectivity index (χ0v) is 12.3. The summed E-state index contributed by atoms with van der Waals surface area (Å²) in [7, 11) is 0. The number of rotatable bonds is 11. The van der Waals surface area contributed by atoms with E-state index in [-0.39, 0.29) is 0 Å². The normalized spacial score (nSPS) is 12.0. The summed E-state index contributed by atoms with van der Waals surface area (Å²) in [5, 5.41) is 0. The monoisotopic (exact) mass is 226 g/mol. The van der Waals surface area contributed by atoms with Gasteiger partial charge in [0, 0.05) is 0 Å². The summed E-state index contributed by atoms with van der Waals surface area (Å²) >= 11 is 0. The molecule has 0 aromatic rings. The van der Waals surface area contributed by atoms with E-state index in [9.17, 15) is 0 Å². The van der Waals surface area contributed by atoms with E-state index in [0.717, 1.165) is 0 Å². The maximum atomic E-state index is 2.40. The van der Waals surface area contributed by atoms with Gasteiger partial charge in [-0.3, -0.25) is 0 Å². The maximum Gasteiger partial charge on any atom is -0.0303 e. The lowest BCUT2D eigenvalue weighted by atomic mass is 9.74. The fourth-order valence-electron chi connectivity index (χ4n) is 2.76. The van der Waals surface area contributed by atoms with Crippen LogP contribution in [0.5, 0.6) is 0 Å². The lowest BCUT2D eigenvalue weighted by molar-refractivity contribution is 0.203. The van der Waals surface area contributed by atoms with Crippen molar-refractivity contribution in [2.24, 2.45) is 5.41 Å². The predicted molar refractivity (Wildman–Crippen MR) is 75.9 cm³/mol. The van der Waals surface area contributed by atoms with Gasteiger partial charge in [0.1, 0.15) is 0 Å². The van der Waals surface area contributed by atoms with Crippen molar-refractivity contribution in [1.82, 2.24) is 0 Å². The molecule has 16 heavy (non-hydrogen) atoms. The Hall–Kier alpha value is 0. The summed E-state index contributed by atoms with van der Waals surface area (Å²) < 4.78 is 0. The molecule has 0 bridgehead atoms. The molecule has 0 fully saturated rings. The second-order valence-corrected chi connectivity index (χ2v) is 5.47. The first-order valence-corrected chi connectivity index (χ1v) is 7.74. The van der Waals surface area contributed by atoms with Crippen LogP contribution in [0.4, 0.5) is 0 Å². The Morgan fingerprint density at radius 2 is 1.00 bits per heavy atom. The van der Waals surface area contributed by atoms with E-state index in [1.54, 1.807) is 0 Å². The molecule has 0 aromatic heterocycles. The molecule has 0 N–H and O–H groups in total. The van der Waals surface area contributed by atoms with Crippen LogP contribution in [0.15, 0.2) is 0 Å². The van der Waals surface area contributed by atoms with Gasteiger partial charge in [0.2, 0.25) is 0 Å². The van der Waals surface area contributed by atoms with Gasteiger partial charge in [-0.15, -0.1) is 0 Å². The first kappa shape index (κ1) is 16.0. The molecular weight excluding hydrogens is 192 g/mol. The molecule has 0 atom stereocenters. The molecule has 0 aliphatic heterocycles. The smallest absolute Gasteiger partial charge is 0.0303 e. The van der Waals surface area contributed by atoms with Gasteiger partial charge in [-0.2, -0.15) is 0 Å². The van der Waals surface area contributed by atoms with Crippen molar-refractivity contribution in [3.63, 3.8) is 0 Å². The summed E-state index contributed by atoms with van der Waals surface area (Å²) in [6.07, 6.45) is 15.7. The molecule has 0 aliphatic carbocycles. The van der Waals surface area contributed by atoms with Crippen molar-refractivity contribution in [2.75, 3.05) is 0 Å². The third-order valence-corrected chi connectivity index (χ3v) is 4.37. The van der Waals surface area contributed by atoms with Gasteiger partial charge in [-0.05, 0) is 18.3 Å². The quantitative estimate of drug-likeness (QED) is 0.360. The van der Waals surface area contributed by atoms with Gasteiger partial charge in [-0.1, -0.05) is 85.5 Å². The van der Waals surface area contributed by atoms with Crippen LogP contribution < -0.4 is 0 Å². The summed E-state index contributed by atoms with van der Waals surface area (Å²) in [4.78, 5) is 0. The summed E-state index contributed by atoms with van der Waals surface area (Å²) in [6.45, 7) is 9.40. The Morgan fingerprint density at radius 1 is 0.562 bits per heavy atom. The van der Waals surface area contributed by atoms with Crippen molar-refractivity contribution in [3.05, 3.63) is 0 Å². The first-order chi connectivity index (χ1) is 7.74. The fourth-order valence-corrected chi connectivity index (χ4v) is 2.76.